The average Bonchev–Trinajstić information content (AvgIpc) is 2.26. The SMILES string of the molecule is CC(C)Cc1ccc(C(=O)CCCO)cc1. The quantitative estimate of drug-likeness (QED) is 0.748. The van der Waals surface area contributed by atoms with Crippen molar-refractivity contribution in [2.45, 2.75) is 33.1 Å². The van der Waals surface area contributed by atoms with Gasteiger partial charge in [-0.15, -0.1) is 0 Å². The Morgan fingerprint density at radius 1 is 1.25 bits per heavy atom. The minimum atomic E-state index is 0.0805. The zero-order chi connectivity index (χ0) is 12.0. The Morgan fingerprint density at radius 2 is 1.88 bits per heavy atom. The van der Waals surface area contributed by atoms with Crippen LogP contribution in [0.5, 0.6) is 0 Å². The molecule has 1 rings (SSSR count). The lowest BCUT2D eigenvalue weighted by Crippen LogP contribution is -2.01. The maximum absolute atomic E-state index is 11.6. The van der Waals surface area contributed by atoms with Crippen LogP contribution in [0, 0.1) is 5.92 Å². The molecule has 0 fully saturated rings. The van der Waals surface area contributed by atoms with Crippen LogP contribution in [0.15, 0.2) is 24.3 Å². The second kappa shape index (κ2) is 6.44. The van der Waals surface area contributed by atoms with E-state index < -0.39 is 0 Å². The summed E-state index contributed by atoms with van der Waals surface area (Å²) in [4.78, 5) is 11.6. The summed E-state index contributed by atoms with van der Waals surface area (Å²) in [5.41, 5.74) is 2.02. The Labute approximate surface area is 97.3 Å². The number of aliphatic hydroxyl groups excluding tert-OH is 1. The van der Waals surface area contributed by atoms with Crippen LogP contribution in [0.25, 0.3) is 0 Å². The number of rotatable bonds is 6. The lowest BCUT2D eigenvalue weighted by Gasteiger charge is -2.05. The van der Waals surface area contributed by atoms with E-state index in [2.05, 4.69) is 13.8 Å². The van der Waals surface area contributed by atoms with Crippen LogP contribution >= 0.6 is 0 Å². The summed E-state index contributed by atoms with van der Waals surface area (Å²) >= 11 is 0. The fourth-order valence-corrected chi connectivity index (χ4v) is 1.68. The topological polar surface area (TPSA) is 37.3 Å². The Balaban J connectivity index is 2.60. The molecule has 88 valence electrons. The van der Waals surface area contributed by atoms with Crippen LogP contribution in [-0.4, -0.2) is 17.5 Å². The number of hydrogen-bond acceptors (Lipinski definition) is 2. The molecule has 0 saturated carbocycles. The molecule has 1 aromatic rings. The van der Waals surface area contributed by atoms with Crippen molar-refractivity contribution in [3.05, 3.63) is 35.4 Å². The first kappa shape index (κ1) is 12.9. The molecule has 0 spiro atoms. The standard InChI is InChI=1S/C14H20O2/c1-11(2)10-12-5-7-13(8-6-12)14(16)4-3-9-15/h5-8,11,15H,3-4,9-10H2,1-2H3. The van der Waals surface area contributed by atoms with Crippen molar-refractivity contribution in [1.82, 2.24) is 0 Å². The van der Waals surface area contributed by atoms with Gasteiger partial charge in [0.05, 0.1) is 0 Å². The van der Waals surface area contributed by atoms with Crippen molar-refractivity contribution in [2.24, 2.45) is 5.92 Å². The second-order valence-corrected chi connectivity index (χ2v) is 4.55. The molecule has 1 N–H and O–H groups in total. The molecule has 0 saturated heterocycles. The highest BCUT2D eigenvalue weighted by Gasteiger charge is 2.05. The lowest BCUT2D eigenvalue weighted by molar-refractivity contribution is 0.0971. The number of ketones is 1. The molecular formula is C14H20O2. The summed E-state index contributed by atoms with van der Waals surface area (Å²) in [6, 6.07) is 7.81. The van der Waals surface area contributed by atoms with E-state index in [-0.39, 0.29) is 12.4 Å². The first-order chi connectivity index (χ1) is 7.63. The molecule has 0 aliphatic heterocycles. The summed E-state index contributed by atoms with van der Waals surface area (Å²) in [5.74, 6) is 0.751. The maximum atomic E-state index is 11.6. The van der Waals surface area contributed by atoms with Crippen LogP contribution < -0.4 is 0 Å². The Morgan fingerprint density at radius 3 is 2.38 bits per heavy atom. The third-order valence-electron chi connectivity index (χ3n) is 2.48. The van der Waals surface area contributed by atoms with Gasteiger partial charge in [-0.2, -0.15) is 0 Å². The summed E-state index contributed by atoms with van der Waals surface area (Å²) in [7, 11) is 0. The van der Waals surface area contributed by atoms with Crippen LogP contribution in [0.2, 0.25) is 0 Å². The van der Waals surface area contributed by atoms with E-state index in [1.54, 1.807) is 0 Å². The number of carbonyl (C=O) groups excluding carboxylic acids is 1. The van der Waals surface area contributed by atoms with Gasteiger partial charge < -0.3 is 5.11 Å². The first-order valence-corrected chi connectivity index (χ1v) is 5.86. The molecule has 0 unspecified atom stereocenters. The highest BCUT2D eigenvalue weighted by atomic mass is 16.3. The lowest BCUT2D eigenvalue weighted by atomic mass is 10.00. The molecule has 0 aliphatic carbocycles. The molecule has 0 radical (unpaired) electrons. The van der Waals surface area contributed by atoms with Gasteiger partial charge in [-0.1, -0.05) is 38.1 Å². The Hall–Kier alpha value is -1.15. The monoisotopic (exact) mass is 220 g/mol. The van der Waals surface area contributed by atoms with Gasteiger partial charge in [0, 0.05) is 18.6 Å². The highest BCUT2D eigenvalue weighted by molar-refractivity contribution is 5.96. The van der Waals surface area contributed by atoms with Gasteiger partial charge in [0.1, 0.15) is 0 Å². The van der Waals surface area contributed by atoms with E-state index >= 15 is 0 Å². The van der Waals surface area contributed by atoms with E-state index in [9.17, 15) is 4.79 Å². The summed E-state index contributed by atoms with van der Waals surface area (Å²) in [5, 5.41) is 8.65. The summed E-state index contributed by atoms with van der Waals surface area (Å²) < 4.78 is 0. The second-order valence-electron chi connectivity index (χ2n) is 4.55. The normalized spacial score (nSPS) is 10.8. The van der Waals surface area contributed by atoms with Gasteiger partial charge in [0.25, 0.3) is 0 Å². The number of hydrogen-bond donors (Lipinski definition) is 1. The molecule has 0 aromatic heterocycles. The maximum Gasteiger partial charge on any atom is 0.162 e. The largest absolute Gasteiger partial charge is 0.396 e. The van der Waals surface area contributed by atoms with Crippen molar-refractivity contribution in [3.63, 3.8) is 0 Å². The zero-order valence-corrected chi connectivity index (χ0v) is 10.1. The van der Waals surface area contributed by atoms with E-state index in [1.165, 1.54) is 5.56 Å². The van der Waals surface area contributed by atoms with Crippen LogP contribution in [0.1, 0.15) is 42.6 Å². The fraction of sp³-hybridized carbons (Fsp3) is 0.500. The molecule has 0 aliphatic rings. The average molecular weight is 220 g/mol. The summed E-state index contributed by atoms with van der Waals surface area (Å²) in [6.45, 7) is 4.44. The van der Waals surface area contributed by atoms with Crippen molar-refractivity contribution in [3.8, 4) is 0 Å². The van der Waals surface area contributed by atoms with Crippen LogP contribution in [0.3, 0.4) is 0 Å². The molecule has 0 heterocycles. The number of Topliss-reactive ketones (excluding diaryl/α,β-unsaturated/α-hetero) is 1. The molecule has 16 heavy (non-hydrogen) atoms. The van der Waals surface area contributed by atoms with E-state index in [0.29, 0.717) is 18.8 Å². The predicted octanol–water partition coefficient (Wildman–Crippen LogP) is 2.84. The minimum Gasteiger partial charge on any atom is -0.396 e. The Kier molecular flexibility index (Phi) is 5.20. The van der Waals surface area contributed by atoms with Gasteiger partial charge >= 0.3 is 0 Å². The number of aliphatic hydroxyl groups is 1. The van der Waals surface area contributed by atoms with E-state index in [1.807, 2.05) is 24.3 Å². The molecule has 0 atom stereocenters. The molecule has 2 nitrogen and oxygen atoms in total. The minimum absolute atomic E-state index is 0.0805. The summed E-state index contributed by atoms with van der Waals surface area (Å²) in [6.07, 6.45) is 2.03. The van der Waals surface area contributed by atoms with Crippen molar-refractivity contribution in [2.75, 3.05) is 6.61 Å². The molecule has 2 heteroatoms. The van der Waals surface area contributed by atoms with E-state index in [4.69, 9.17) is 5.11 Å². The van der Waals surface area contributed by atoms with Gasteiger partial charge in [-0.05, 0) is 24.3 Å². The molecule has 0 bridgehead atoms. The van der Waals surface area contributed by atoms with Crippen molar-refractivity contribution < 1.29 is 9.90 Å². The van der Waals surface area contributed by atoms with Crippen LogP contribution in [-0.2, 0) is 6.42 Å². The highest BCUT2D eigenvalue weighted by Crippen LogP contribution is 2.11. The van der Waals surface area contributed by atoms with Gasteiger partial charge in [-0.3, -0.25) is 4.79 Å². The van der Waals surface area contributed by atoms with Gasteiger partial charge in [0.2, 0.25) is 0 Å². The smallest absolute Gasteiger partial charge is 0.162 e. The molecule has 0 amide bonds. The number of benzene rings is 1. The zero-order valence-electron chi connectivity index (χ0n) is 10.1. The number of carbonyl (C=O) groups is 1. The first-order valence-electron chi connectivity index (χ1n) is 5.86. The van der Waals surface area contributed by atoms with Gasteiger partial charge in [0.15, 0.2) is 5.78 Å². The third kappa shape index (κ3) is 4.15. The Bertz CT molecular complexity index is 325. The van der Waals surface area contributed by atoms with Crippen molar-refractivity contribution >= 4 is 5.78 Å². The fourth-order valence-electron chi connectivity index (χ4n) is 1.68. The third-order valence-corrected chi connectivity index (χ3v) is 2.48. The van der Waals surface area contributed by atoms with Crippen LogP contribution in [0.4, 0.5) is 0 Å². The predicted molar refractivity (Wildman–Crippen MR) is 65.6 cm³/mol. The molecular weight excluding hydrogens is 200 g/mol. The van der Waals surface area contributed by atoms with Gasteiger partial charge in [-0.25, -0.2) is 0 Å². The van der Waals surface area contributed by atoms with Crippen molar-refractivity contribution in [1.29, 1.82) is 0 Å². The molecule has 1 aromatic carbocycles. The van der Waals surface area contributed by atoms with E-state index in [0.717, 1.165) is 12.0 Å².